The number of carbonyl (C=O) groups is 2. The van der Waals surface area contributed by atoms with Gasteiger partial charge in [-0.1, -0.05) is 50.2 Å². The van der Waals surface area contributed by atoms with Crippen LogP contribution in [0.1, 0.15) is 47.1 Å². The van der Waals surface area contributed by atoms with Gasteiger partial charge in [0.05, 0.1) is 4.92 Å². The summed E-state index contributed by atoms with van der Waals surface area (Å²) in [6, 6.07) is 11.8. The van der Waals surface area contributed by atoms with Crippen molar-refractivity contribution in [3.8, 4) is 0 Å². The standard InChI is InChI=1S/C15H11NO4.C2H6/c1-10(17)11-5-7-12(8-6-11)15(18)13-3-2-4-14(9-13)16(19)20;1-2/h2-9H,1H3;1-2H3. The molecule has 0 atom stereocenters. The fraction of sp³-hybridized carbons (Fsp3) is 0.176. The lowest BCUT2D eigenvalue weighted by Crippen LogP contribution is -2.03. The zero-order valence-corrected chi connectivity index (χ0v) is 12.7. The number of ketones is 2. The Morgan fingerprint density at radius 2 is 1.45 bits per heavy atom. The van der Waals surface area contributed by atoms with Crippen LogP contribution in [-0.2, 0) is 0 Å². The van der Waals surface area contributed by atoms with E-state index in [-0.39, 0.29) is 22.8 Å². The maximum Gasteiger partial charge on any atom is 0.270 e. The molecule has 2 aromatic rings. The molecule has 0 fully saturated rings. The zero-order chi connectivity index (χ0) is 16.7. The molecule has 0 spiro atoms. The second-order valence-corrected chi connectivity index (χ2v) is 4.27. The van der Waals surface area contributed by atoms with Crippen LogP contribution in [0.5, 0.6) is 0 Å². The van der Waals surface area contributed by atoms with Crippen LogP contribution in [-0.4, -0.2) is 16.5 Å². The van der Waals surface area contributed by atoms with Crippen molar-refractivity contribution in [2.75, 3.05) is 0 Å². The molecule has 5 nitrogen and oxygen atoms in total. The summed E-state index contributed by atoms with van der Waals surface area (Å²) in [6.45, 7) is 5.44. The van der Waals surface area contributed by atoms with Crippen molar-refractivity contribution in [1.29, 1.82) is 0 Å². The molecule has 22 heavy (non-hydrogen) atoms. The average molecular weight is 299 g/mol. The number of benzene rings is 2. The Morgan fingerprint density at radius 3 is 1.95 bits per heavy atom. The predicted molar refractivity (Wildman–Crippen MR) is 84.3 cm³/mol. The van der Waals surface area contributed by atoms with Gasteiger partial charge < -0.3 is 0 Å². The second kappa shape index (κ2) is 7.83. The highest BCUT2D eigenvalue weighted by molar-refractivity contribution is 6.09. The van der Waals surface area contributed by atoms with E-state index in [4.69, 9.17) is 0 Å². The molecular formula is C17H17NO4. The molecule has 0 unspecified atom stereocenters. The summed E-state index contributed by atoms with van der Waals surface area (Å²) in [5, 5.41) is 10.7. The lowest BCUT2D eigenvalue weighted by atomic mass is 10.0. The quantitative estimate of drug-likeness (QED) is 0.484. The van der Waals surface area contributed by atoms with Crippen molar-refractivity contribution >= 4 is 17.3 Å². The number of Topliss-reactive ketones (excluding diaryl/α,β-unsaturated/α-hetero) is 1. The number of nitrogens with zero attached hydrogens (tertiary/aromatic N) is 1. The maximum absolute atomic E-state index is 12.2. The first kappa shape index (κ1) is 17.2. The molecule has 0 saturated heterocycles. The van der Waals surface area contributed by atoms with E-state index >= 15 is 0 Å². The zero-order valence-electron chi connectivity index (χ0n) is 12.7. The summed E-state index contributed by atoms with van der Waals surface area (Å²) in [6.07, 6.45) is 0. The Balaban J connectivity index is 0.00000116. The summed E-state index contributed by atoms with van der Waals surface area (Å²) >= 11 is 0. The number of non-ortho nitro benzene ring substituents is 1. The third kappa shape index (κ3) is 4.09. The molecule has 0 bridgehead atoms. The molecule has 0 amide bonds. The van der Waals surface area contributed by atoms with Gasteiger partial charge in [0, 0.05) is 28.8 Å². The largest absolute Gasteiger partial charge is 0.295 e. The monoisotopic (exact) mass is 299 g/mol. The molecule has 0 radical (unpaired) electrons. The SMILES string of the molecule is CC.CC(=O)c1ccc(C(=O)c2cccc([N+](=O)[O-])c2)cc1. The van der Waals surface area contributed by atoms with Gasteiger partial charge in [0.15, 0.2) is 11.6 Å². The van der Waals surface area contributed by atoms with Crippen LogP contribution in [0.3, 0.4) is 0 Å². The second-order valence-electron chi connectivity index (χ2n) is 4.27. The third-order valence-corrected chi connectivity index (χ3v) is 2.87. The molecule has 2 rings (SSSR count). The lowest BCUT2D eigenvalue weighted by Gasteiger charge is -2.02. The fourth-order valence-electron chi connectivity index (χ4n) is 1.78. The number of rotatable bonds is 4. The first-order valence-corrected chi connectivity index (χ1v) is 6.89. The summed E-state index contributed by atoms with van der Waals surface area (Å²) in [5.41, 5.74) is 1.02. The van der Waals surface area contributed by atoms with Crippen LogP contribution in [0.25, 0.3) is 0 Å². The van der Waals surface area contributed by atoms with Gasteiger partial charge in [0.1, 0.15) is 0 Å². The average Bonchev–Trinajstić information content (AvgIpc) is 2.56. The van der Waals surface area contributed by atoms with Crippen molar-refractivity contribution in [2.24, 2.45) is 0 Å². The van der Waals surface area contributed by atoms with E-state index in [2.05, 4.69) is 0 Å². The number of hydrogen-bond donors (Lipinski definition) is 0. The molecule has 5 heteroatoms. The lowest BCUT2D eigenvalue weighted by molar-refractivity contribution is -0.384. The Bertz CT molecular complexity index is 690. The van der Waals surface area contributed by atoms with Crippen LogP contribution < -0.4 is 0 Å². The van der Waals surface area contributed by atoms with Gasteiger partial charge in [0.2, 0.25) is 0 Å². The number of nitro groups is 1. The molecule has 114 valence electrons. The molecule has 0 heterocycles. The van der Waals surface area contributed by atoms with Crippen molar-refractivity contribution in [1.82, 2.24) is 0 Å². The maximum atomic E-state index is 12.2. The minimum absolute atomic E-state index is 0.0839. The number of carbonyl (C=O) groups excluding carboxylic acids is 2. The van der Waals surface area contributed by atoms with Gasteiger partial charge in [-0.25, -0.2) is 0 Å². The van der Waals surface area contributed by atoms with Gasteiger partial charge in [-0.3, -0.25) is 19.7 Å². The number of nitro benzene ring substituents is 1. The molecule has 2 aromatic carbocycles. The van der Waals surface area contributed by atoms with E-state index in [1.54, 1.807) is 12.1 Å². The molecular weight excluding hydrogens is 282 g/mol. The molecule has 0 aliphatic carbocycles. The smallest absolute Gasteiger partial charge is 0.270 e. The Kier molecular flexibility index (Phi) is 6.13. The highest BCUT2D eigenvalue weighted by Crippen LogP contribution is 2.17. The summed E-state index contributed by atoms with van der Waals surface area (Å²) < 4.78 is 0. The Morgan fingerprint density at radius 1 is 0.909 bits per heavy atom. The van der Waals surface area contributed by atoms with Crippen LogP contribution in [0.4, 0.5) is 5.69 Å². The molecule has 0 saturated carbocycles. The topological polar surface area (TPSA) is 77.3 Å². The molecule has 0 aliphatic heterocycles. The minimum Gasteiger partial charge on any atom is -0.295 e. The van der Waals surface area contributed by atoms with Gasteiger partial charge in [-0.05, 0) is 6.92 Å². The van der Waals surface area contributed by atoms with E-state index in [9.17, 15) is 19.7 Å². The van der Waals surface area contributed by atoms with Gasteiger partial charge in [-0.15, -0.1) is 0 Å². The Hall–Kier alpha value is -2.82. The van der Waals surface area contributed by atoms with Gasteiger partial charge >= 0.3 is 0 Å². The highest BCUT2D eigenvalue weighted by atomic mass is 16.6. The van der Waals surface area contributed by atoms with Crippen molar-refractivity contribution in [2.45, 2.75) is 20.8 Å². The van der Waals surface area contributed by atoms with E-state index in [1.807, 2.05) is 13.8 Å². The normalized spacial score (nSPS) is 9.41. The van der Waals surface area contributed by atoms with Crippen molar-refractivity contribution < 1.29 is 14.5 Å². The van der Waals surface area contributed by atoms with E-state index in [1.165, 1.54) is 43.3 Å². The van der Waals surface area contributed by atoms with Crippen LogP contribution >= 0.6 is 0 Å². The van der Waals surface area contributed by atoms with Crippen molar-refractivity contribution in [3.05, 3.63) is 75.3 Å². The molecule has 0 N–H and O–H groups in total. The van der Waals surface area contributed by atoms with Crippen LogP contribution in [0.15, 0.2) is 48.5 Å². The van der Waals surface area contributed by atoms with Crippen LogP contribution in [0, 0.1) is 10.1 Å². The fourth-order valence-corrected chi connectivity index (χ4v) is 1.78. The Labute approximate surface area is 128 Å². The minimum atomic E-state index is -0.546. The predicted octanol–water partition coefficient (Wildman–Crippen LogP) is 4.05. The van der Waals surface area contributed by atoms with Gasteiger partial charge in [0.25, 0.3) is 5.69 Å². The highest BCUT2D eigenvalue weighted by Gasteiger charge is 2.13. The summed E-state index contributed by atoms with van der Waals surface area (Å²) in [4.78, 5) is 33.5. The first-order chi connectivity index (χ1) is 10.5. The van der Waals surface area contributed by atoms with E-state index in [0.717, 1.165) is 0 Å². The molecule has 0 aromatic heterocycles. The third-order valence-electron chi connectivity index (χ3n) is 2.87. The number of hydrogen-bond acceptors (Lipinski definition) is 4. The summed E-state index contributed by atoms with van der Waals surface area (Å²) in [7, 11) is 0. The van der Waals surface area contributed by atoms with E-state index in [0.29, 0.717) is 11.1 Å². The first-order valence-electron chi connectivity index (χ1n) is 6.89. The van der Waals surface area contributed by atoms with Crippen molar-refractivity contribution in [3.63, 3.8) is 0 Å². The van der Waals surface area contributed by atoms with Crippen LogP contribution in [0.2, 0.25) is 0 Å². The van der Waals surface area contributed by atoms with E-state index < -0.39 is 4.92 Å². The summed E-state index contributed by atoms with van der Waals surface area (Å²) in [5.74, 6) is -0.400. The van der Waals surface area contributed by atoms with Gasteiger partial charge in [-0.2, -0.15) is 0 Å². The molecule has 0 aliphatic rings.